The molecule has 2 aromatic rings. The van der Waals surface area contributed by atoms with Crippen molar-refractivity contribution < 1.29 is 0 Å². The maximum atomic E-state index is 4.27. The molecule has 0 bridgehead atoms. The lowest BCUT2D eigenvalue weighted by atomic mass is 10.2. The van der Waals surface area contributed by atoms with Gasteiger partial charge in [-0.3, -0.25) is 0 Å². The summed E-state index contributed by atoms with van der Waals surface area (Å²) in [6.45, 7) is 1.79. The number of rotatable bonds is 1. The van der Waals surface area contributed by atoms with E-state index >= 15 is 0 Å². The molecule has 5 heteroatoms. The van der Waals surface area contributed by atoms with Crippen LogP contribution in [-0.4, -0.2) is 26.5 Å². The van der Waals surface area contributed by atoms with Gasteiger partial charge in [0.05, 0.1) is 5.69 Å². The monoisotopic (exact) mass is 201 g/mol. The smallest absolute Gasteiger partial charge is 0.155 e. The van der Waals surface area contributed by atoms with Crippen molar-refractivity contribution in [1.29, 1.82) is 0 Å². The van der Waals surface area contributed by atoms with Gasteiger partial charge in [-0.25, -0.2) is 4.98 Å². The summed E-state index contributed by atoms with van der Waals surface area (Å²) in [5, 5.41) is 11.5. The van der Waals surface area contributed by atoms with Crippen molar-refractivity contribution in [2.75, 3.05) is 6.54 Å². The number of nitrogens with zero attached hydrogens (tertiary/aromatic N) is 4. The van der Waals surface area contributed by atoms with E-state index in [-0.39, 0.29) is 0 Å². The van der Waals surface area contributed by atoms with E-state index in [0.29, 0.717) is 0 Å². The second kappa shape index (κ2) is 3.43. The van der Waals surface area contributed by atoms with E-state index in [1.807, 2.05) is 22.9 Å². The van der Waals surface area contributed by atoms with Gasteiger partial charge in [-0.1, -0.05) is 11.3 Å². The quantitative estimate of drug-likeness (QED) is 0.721. The Kier molecular flexibility index (Phi) is 1.96. The highest BCUT2D eigenvalue weighted by molar-refractivity contribution is 5.26. The fourth-order valence-electron chi connectivity index (χ4n) is 1.80. The van der Waals surface area contributed by atoms with Crippen LogP contribution in [0.25, 0.3) is 5.82 Å². The molecular weight excluding hydrogens is 190 g/mol. The molecule has 1 N–H and O–H groups in total. The number of hydrogen-bond donors (Lipinski definition) is 1. The van der Waals surface area contributed by atoms with Crippen LogP contribution in [0.2, 0.25) is 0 Å². The number of nitrogens with one attached hydrogen (secondary N) is 1. The van der Waals surface area contributed by atoms with Crippen molar-refractivity contribution in [1.82, 2.24) is 25.3 Å². The van der Waals surface area contributed by atoms with Crippen molar-refractivity contribution in [3.63, 3.8) is 0 Å². The number of fused-ring (bicyclic) bond motifs is 1. The van der Waals surface area contributed by atoms with E-state index in [1.54, 1.807) is 6.20 Å². The Morgan fingerprint density at radius 3 is 3.20 bits per heavy atom. The van der Waals surface area contributed by atoms with Crippen molar-refractivity contribution in [2.24, 2.45) is 0 Å². The van der Waals surface area contributed by atoms with Crippen LogP contribution in [0.4, 0.5) is 0 Å². The molecule has 0 radical (unpaired) electrons. The average Bonchev–Trinajstić information content (AvgIpc) is 2.74. The van der Waals surface area contributed by atoms with Gasteiger partial charge in [0.2, 0.25) is 0 Å². The van der Waals surface area contributed by atoms with E-state index in [2.05, 4.69) is 20.6 Å². The van der Waals surface area contributed by atoms with Gasteiger partial charge in [-0.15, -0.1) is 5.10 Å². The number of aromatic nitrogens is 4. The Hall–Kier alpha value is -1.75. The van der Waals surface area contributed by atoms with Gasteiger partial charge in [0.15, 0.2) is 5.82 Å². The normalized spacial score (nSPS) is 14.9. The summed E-state index contributed by atoms with van der Waals surface area (Å²) in [5.74, 6) is 0.841. The first-order chi connectivity index (χ1) is 7.45. The van der Waals surface area contributed by atoms with Gasteiger partial charge in [0.25, 0.3) is 0 Å². The zero-order valence-corrected chi connectivity index (χ0v) is 8.22. The van der Waals surface area contributed by atoms with Gasteiger partial charge in [-0.2, -0.15) is 4.68 Å². The Morgan fingerprint density at radius 2 is 2.33 bits per heavy atom. The molecule has 0 unspecified atom stereocenters. The Bertz CT molecular complexity index is 462. The van der Waals surface area contributed by atoms with Crippen LogP contribution in [0.1, 0.15) is 11.4 Å². The average molecular weight is 201 g/mol. The summed E-state index contributed by atoms with van der Waals surface area (Å²) in [5.41, 5.74) is 2.21. The number of hydrogen-bond acceptors (Lipinski definition) is 4. The van der Waals surface area contributed by atoms with Gasteiger partial charge < -0.3 is 5.32 Å². The molecule has 1 aliphatic heterocycles. The third kappa shape index (κ3) is 1.41. The van der Waals surface area contributed by atoms with E-state index in [9.17, 15) is 0 Å². The predicted molar refractivity (Wildman–Crippen MR) is 54.6 cm³/mol. The van der Waals surface area contributed by atoms with Crippen LogP contribution in [0.5, 0.6) is 0 Å². The zero-order chi connectivity index (χ0) is 10.1. The Labute approximate surface area is 87.1 Å². The highest BCUT2D eigenvalue weighted by atomic mass is 15.5. The molecule has 0 saturated heterocycles. The third-order valence-electron chi connectivity index (χ3n) is 2.54. The van der Waals surface area contributed by atoms with Crippen molar-refractivity contribution in [3.8, 4) is 5.82 Å². The first-order valence-electron chi connectivity index (χ1n) is 5.01. The Morgan fingerprint density at radius 1 is 1.33 bits per heavy atom. The SMILES string of the molecule is c1ccc(-n2nnc3c2CCNC3)nc1. The molecule has 0 fully saturated rings. The van der Waals surface area contributed by atoms with Gasteiger partial charge in [0, 0.05) is 25.7 Å². The van der Waals surface area contributed by atoms with E-state index in [1.165, 1.54) is 5.69 Å². The molecule has 3 rings (SSSR count). The first-order valence-corrected chi connectivity index (χ1v) is 5.01. The standard InChI is InChI=1S/C10H11N5/c1-2-5-12-10(3-1)15-9-4-6-11-7-8(9)13-14-15/h1-3,5,11H,4,6-7H2. The third-order valence-corrected chi connectivity index (χ3v) is 2.54. The topological polar surface area (TPSA) is 55.6 Å². The highest BCUT2D eigenvalue weighted by Crippen LogP contribution is 2.13. The zero-order valence-electron chi connectivity index (χ0n) is 8.22. The lowest BCUT2D eigenvalue weighted by Crippen LogP contribution is -2.24. The molecule has 3 heterocycles. The lowest BCUT2D eigenvalue weighted by Gasteiger charge is -2.12. The molecule has 2 aromatic heterocycles. The largest absolute Gasteiger partial charge is 0.311 e. The minimum absolute atomic E-state index is 0.808. The summed E-state index contributed by atoms with van der Waals surface area (Å²) < 4.78 is 1.83. The minimum atomic E-state index is 0.808. The Balaban J connectivity index is 2.09. The van der Waals surface area contributed by atoms with Gasteiger partial charge in [-0.05, 0) is 12.1 Å². The highest BCUT2D eigenvalue weighted by Gasteiger charge is 2.17. The number of pyridine rings is 1. The van der Waals surface area contributed by atoms with Crippen LogP contribution < -0.4 is 5.32 Å². The van der Waals surface area contributed by atoms with E-state index in [4.69, 9.17) is 0 Å². The first kappa shape index (κ1) is 8.55. The second-order valence-corrected chi connectivity index (χ2v) is 3.51. The van der Waals surface area contributed by atoms with Crippen LogP contribution in [-0.2, 0) is 13.0 Å². The molecule has 0 atom stereocenters. The molecule has 0 spiro atoms. The van der Waals surface area contributed by atoms with Gasteiger partial charge in [0.1, 0.15) is 5.69 Å². The fourth-order valence-corrected chi connectivity index (χ4v) is 1.80. The van der Waals surface area contributed by atoms with E-state index < -0.39 is 0 Å². The molecule has 15 heavy (non-hydrogen) atoms. The molecule has 76 valence electrons. The van der Waals surface area contributed by atoms with Crippen molar-refractivity contribution in [2.45, 2.75) is 13.0 Å². The van der Waals surface area contributed by atoms with Crippen molar-refractivity contribution >= 4 is 0 Å². The fraction of sp³-hybridized carbons (Fsp3) is 0.300. The second-order valence-electron chi connectivity index (χ2n) is 3.51. The molecule has 1 aliphatic rings. The summed E-state index contributed by atoms with van der Waals surface area (Å²) in [6, 6.07) is 5.79. The lowest BCUT2D eigenvalue weighted by molar-refractivity contribution is 0.617. The van der Waals surface area contributed by atoms with Crippen LogP contribution in [0.15, 0.2) is 24.4 Å². The van der Waals surface area contributed by atoms with Crippen LogP contribution in [0.3, 0.4) is 0 Å². The summed E-state index contributed by atoms with van der Waals surface area (Å²) in [6.07, 6.45) is 2.73. The van der Waals surface area contributed by atoms with E-state index in [0.717, 1.165) is 31.0 Å². The molecule has 0 aromatic carbocycles. The predicted octanol–water partition coefficient (Wildman–Crippen LogP) is 0.308. The minimum Gasteiger partial charge on any atom is -0.311 e. The summed E-state index contributed by atoms with van der Waals surface area (Å²) in [7, 11) is 0. The molecule has 0 saturated carbocycles. The molecule has 0 amide bonds. The summed E-state index contributed by atoms with van der Waals surface area (Å²) in [4.78, 5) is 4.27. The maximum absolute atomic E-state index is 4.27. The molecular formula is C10H11N5. The molecule has 5 nitrogen and oxygen atoms in total. The maximum Gasteiger partial charge on any atom is 0.155 e. The van der Waals surface area contributed by atoms with Gasteiger partial charge >= 0.3 is 0 Å². The summed E-state index contributed by atoms with van der Waals surface area (Å²) >= 11 is 0. The molecule has 0 aliphatic carbocycles. The van der Waals surface area contributed by atoms with Crippen LogP contribution in [0, 0.1) is 0 Å². The van der Waals surface area contributed by atoms with Crippen molar-refractivity contribution in [3.05, 3.63) is 35.8 Å². The van der Waals surface area contributed by atoms with Crippen LogP contribution >= 0.6 is 0 Å².